The zero-order chi connectivity index (χ0) is 23.6. The quantitative estimate of drug-likeness (QED) is 0.586. The van der Waals surface area contributed by atoms with Gasteiger partial charge in [0.05, 0.1) is 33.7 Å². The minimum atomic E-state index is -0.530. The molecule has 1 aromatic carbocycles. The number of nitrogens with one attached hydrogen (secondary N) is 2. The van der Waals surface area contributed by atoms with E-state index in [2.05, 4.69) is 16.5 Å². The molecule has 8 nitrogen and oxygen atoms in total. The Hall–Kier alpha value is -2.78. The summed E-state index contributed by atoms with van der Waals surface area (Å²) >= 11 is 1.34. The molecule has 1 saturated heterocycles. The van der Waals surface area contributed by atoms with Gasteiger partial charge in [-0.1, -0.05) is 18.2 Å². The second-order valence-corrected chi connectivity index (χ2v) is 11.2. The number of aromatic nitrogens is 3. The highest BCUT2D eigenvalue weighted by Crippen LogP contribution is 2.42. The van der Waals surface area contributed by atoms with Crippen LogP contribution < -0.4 is 16.4 Å². The Kier molecular flexibility index (Phi) is 5.04. The van der Waals surface area contributed by atoms with Crippen LogP contribution in [0.4, 0.5) is 5.82 Å². The van der Waals surface area contributed by atoms with Crippen molar-refractivity contribution in [3.8, 4) is 0 Å². The predicted octanol–water partition coefficient (Wildman–Crippen LogP) is 3.34. The van der Waals surface area contributed by atoms with Gasteiger partial charge in [0.15, 0.2) is 0 Å². The number of carbonyl (C=O) groups is 1. The van der Waals surface area contributed by atoms with E-state index in [-0.39, 0.29) is 34.4 Å². The molecule has 3 aromatic rings. The van der Waals surface area contributed by atoms with Crippen molar-refractivity contribution in [3.05, 3.63) is 61.7 Å². The van der Waals surface area contributed by atoms with Crippen LogP contribution >= 0.6 is 11.8 Å². The van der Waals surface area contributed by atoms with E-state index in [0.29, 0.717) is 36.5 Å². The number of ether oxygens (including phenoxy) is 1. The molecule has 9 heteroatoms. The topological polar surface area (TPSA) is 98.1 Å². The van der Waals surface area contributed by atoms with Gasteiger partial charge < -0.3 is 14.6 Å². The number of hydrogen-bond donors (Lipinski definition) is 2. The maximum absolute atomic E-state index is 13.7. The Balaban J connectivity index is 1.53. The van der Waals surface area contributed by atoms with Gasteiger partial charge in [0, 0.05) is 18.7 Å². The fraction of sp³-hybridized carbons (Fsp3) is 0.480. The molecular weight excluding hydrogens is 452 g/mol. The number of aromatic amines is 1. The van der Waals surface area contributed by atoms with E-state index in [4.69, 9.17) is 4.74 Å². The molecule has 3 aliphatic heterocycles. The van der Waals surface area contributed by atoms with Gasteiger partial charge in [-0.2, -0.15) is 0 Å². The van der Waals surface area contributed by atoms with Crippen LogP contribution in [0.5, 0.6) is 0 Å². The molecule has 0 spiro atoms. The van der Waals surface area contributed by atoms with Crippen LogP contribution in [-0.4, -0.2) is 38.2 Å². The molecule has 0 bridgehead atoms. The molecule has 3 aliphatic rings. The first-order valence-corrected chi connectivity index (χ1v) is 12.9. The molecule has 2 atom stereocenters. The number of benzene rings is 1. The van der Waals surface area contributed by atoms with Crippen molar-refractivity contribution in [3.63, 3.8) is 0 Å². The third kappa shape index (κ3) is 3.44. The number of amides is 1. The minimum Gasteiger partial charge on any atom is -0.375 e. The second-order valence-electron chi connectivity index (χ2n) is 10.1. The number of rotatable bonds is 2. The van der Waals surface area contributed by atoms with Crippen LogP contribution in [0.3, 0.4) is 0 Å². The van der Waals surface area contributed by atoms with Gasteiger partial charge >= 0.3 is 0 Å². The Morgan fingerprint density at radius 3 is 2.88 bits per heavy atom. The van der Waals surface area contributed by atoms with E-state index in [1.54, 1.807) is 4.68 Å². The number of pyridine rings is 1. The monoisotopic (exact) mass is 480 g/mol. The number of thioether (sulfide) groups is 1. The standard InChI is InChI=1S/C25H28N4O4S/c1-25(2)12-16(8-10-33-25)29-22-19(23(31)27-29)21(34-13-18(30)26-22)17-11-15-6-3-5-14-7-4-9-28(20(14)15)24(17)32/h3,5-6,11,16,21H,4,7-10,12-13H2,1-2H3,(H,26,30)(H,27,31)/t16-,21-/m1/s1. The number of carbonyl (C=O) groups excluding carboxylic acids is 1. The predicted molar refractivity (Wildman–Crippen MR) is 133 cm³/mol. The third-order valence-electron chi connectivity index (χ3n) is 7.23. The average molecular weight is 481 g/mol. The fourth-order valence-corrected chi connectivity index (χ4v) is 6.88. The molecule has 5 heterocycles. The summed E-state index contributed by atoms with van der Waals surface area (Å²) in [5, 5.41) is 6.42. The normalized spacial score (nSPS) is 23.9. The first kappa shape index (κ1) is 21.7. The van der Waals surface area contributed by atoms with Crippen molar-refractivity contribution in [2.75, 3.05) is 17.7 Å². The molecule has 178 valence electrons. The van der Waals surface area contributed by atoms with Gasteiger partial charge in [0.1, 0.15) is 5.82 Å². The van der Waals surface area contributed by atoms with Crippen molar-refractivity contribution >= 4 is 34.4 Å². The van der Waals surface area contributed by atoms with Gasteiger partial charge in [0.25, 0.3) is 11.1 Å². The summed E-state index contributed by atoms with van der Waals surface area (Å²) in [5.41, 5.74) is 2.54. The third-order valence-corrected chi connectivity index (χ3v) is 8.49. The van der Waals surface area contributed by atoms with Crippen molar-refractivity contribution in [2.45, 2.75) is 63.0 Å². The molecule has 0 unspecified atom stereocenters. The van der Waals surface area contributed by atoms with Crippen LogP contribution in [0.2, 0.25) is 0 Å². The lowest BCUT2D eigenvalue weighted by Crippen LogP contribution is -2.36. The van der Waals surface area contributed by atoms with Gasteiger partial charge in [-0.3, -0.25) is 24.2 Å². The highest BCUT2D eigenvalue weighted by Gasteiger charge is 2.37. The van der Waals surface area contributed by atoms with Gasteiger partial charge in [-0.15, -0.1) is 11.8 Å². The lowest BCUT2D eigenvalue weighted by molar-refractivity contribution is -0.113. The second kappa shape index (κ2) is 7.88. The average Bonchev–Trinajstić information content (AvgIpc) is 3.01. The number of anilines is 1. The van der Waals surface area contributed by atoms with Crippen LogP contribution in [-0.2, 0) is 22.5 Å². The van der Waals surface area contributed by atoms with Crippen LogP contribution in [0.25, 0.3) is 10.9 Å². The molecule has 34 heavy (non-hydrogen) atoms. The van der Waals surface area contributed by atoms with E-state index in [0.717, 1.165) is 30.2 Å². The summed E-state index contributed by atoms with van der Waals surface area (Å²) in [6, 6.07) is 8.04. The Bertz CT molecular complexity index is 1430. The molecule has 1 amide bonds. The van der Waals surface area contributed by atoms with Crippen molar-refractivity contribution in [1.29, 1.82) is 0 Å². The van der Waals surface area contributed by atoms with Gasteiger partial charge in [0.2, 0.25) is 5.91 Å². The maximum Gasteiger partial charge on any atom is 0.270 e. The zero-order valence-electron chi connectivity index (χ0n) is 19.3. The number of hydrogen-bond acceptors (Lipinski definition) is 5. The number of aryl methyl sites for hydroxylation is 2. The highest BCUT2D eigenvalue weighted by atomic mass is 32.2. The van der Waals surface area contributed by atoms with E-state index >= 15 is 0 Å². The van der Waals surface area contributed by atoms with E-state index in [1.165, 1.54) is 17.3 Å². The maximum atomic E-state index is 13.7. The molecule has 0 radical (unpaired) electrons. The summed E-state index contributed by atoms with van der Waals surface area (Å²) in [7, 11) is 0. The van der Waals surface area contributed by atoms with Crippen molar-refractivity contribution in [1.82, 2.24) is 14.3 Å². The molecule has 6 rings (SSSR count). The highest BCUT2D eigenvalue weighted by molar-refractivity contribution is 8.00. The van der Waals surface area contributed by atoms with Crippen LogP contribution in [0.1, 0.15) is 61.1 Å². The molecule has 0 saturated carbocycles. The summed E-state index contributed by atoms with van der Waals surface area (Å²) in [6.45, 7) is 5.31. The fourth-order valence-electron chi connectivity index (χ4n) is 5.76. The molecular formula is C25H28N4O4S. The smallest absolute Gasteiger partial charge is 0.270 e. The van der Waals surface area contributed by atoms with Crippen molar-refractivity contribution < 1.29 is 9.53 Å². The van der Waals surface area contributed by atoms with E-state index < -0.39 is 5.25 Å². The number of para-hydroxylation sites is 1. The first-order chi connectivity index (χ1) is 16.3. The largest absolute Gasteiger partial charge is 0.375 e. The number of H-pyrrole nitrogens is 1. The summed E-state index contributed by atoms with van der Waals surface area (Å²) < 4.78 is 9.52. The molecule has 2 aromatic heterocycles. The molecule has 1 fully saturated rings. The SMILES string of the molecule is CC1(C)C[C@H](n2[nH]c(=O)c3c2NC(=O)CS[C@@H]3c2cc3cccc4c3n(c2=O)CCC4)CCO1. The Morgan fingerprint density at radius 1 is 1.21 bits per heavy atom. The molecule has 2 N–H and O–H groups in total. The molecule has 0 aliphatic carbocycles. The van der Waals surface area contributed by atoms with E-state index in [9.17, 15) is 14.4 Å². The summed E-state index contributed by atoms with van der Waals surface area (Å²) in [4.78, 5) is 39.8. The zero-order valence-corrected chi connectivity index (χ0v) is 20.2. The number of nitrogens with zero attached hydrogens (tertiary/aromatic N) is 2. The Morgan fingerprint density at radius 2 is 2.06 bits per heavy atom. The summed E-state index contributed by atoms with van der Waals surface area (Å²) in [5.74, 6) is 0.493. The Labute approximate surface area is 200 Å². The summed E-state index contributed by atoms with van der Waals surface area (Å²) in [6.07, 6.45) is 3.32. The lowest BCUT2D eigenvalue weighted by Gasteiger charge is -2.36. The first-order valence-electron chi connectivity index (χ1n) is 11.9. The van der Waals surface area contributed by atoms with E-state index in [1.807, 2.05) is 36.6 Å². The lowest BCUT2D eigenvalue weighted by atomic mass is 9.94. The minimum absolute atomic E-state index is 0.00864. The van der Waals surface area contributed by atoms with Crippen LogP contribution in [0, 0.1) is 0 Å². The van der Waals surface area contributed by atoms with Crippen LogP contribution in [0.15, 0.2) is 33.9 Å². The van der Waals surface area contributed by atoms with Gasteiger partial charge in [-0.25, -0.2) is 0 Å². The number of fused-ring (bicyclic) bond motifs is 1. The van der Waals surface area contributed by atoms with Crippen molar-refractivity contribution in [2.24, 2.45) is 0 Å². The van der Waals surface area contributed by atoms with Gasteiger partial charge in [-0.05, 0) is 56.5 Å².